The van der Waals surface area contributed by atoms with Gasteiger partial charge in [0.25, 0.3) is 0 Å². The molecule has 2 aliphatic carbocycles. The largest absolute Gasteiger partial charge is 0.392 e. The lowest BCUT2D eigenvalue weighted by molar-refractivity contribution is -0.0345. The number of hydrogen-bond donors (Lipinski definition) is 2. The summed E-state index contributed by atoms with van der Waals surface area (Å²) in [6.45, 7) is 12.4. The van der Waals surface area contributed by atoms with Crippen molar-refractivity contribution in [3.8, 4) is 0 Å². The van der Waals surface area contributed by atoms with Crippen molar-refractivity contribution in [3.05, 3.63) is 23.8 Å². The Labute approximate surface area is 136 Å². The van der Waals surface area contributed by atoms with Crippen LogP contribution < -0.4 is 0 Å². The van der Waals surface area contributed by atoms with Gasteiger partial charge in [0.1, 0.15) is 0 Å². The molecule has 0 amide bonds. The first-order valence-electron chi connectivity index (χ1n) is 8.95. The van der Waals surface area contributed by atoms with E-state index in [0.717, 1.165) is 38.5 Å². The molecule has 2 rings (SSSR count). The standard InChI is InChI=1S/C20H34O2/c1-13(2)7-6-8-14(3)16-11-12-20(5,22)17-10-9-15(4)18(17)19(16)21/h9,14,16-19,21-22H,1,6-8,10-12H2,2-5H3/t14?,16-,17+,18+,19+,20-/m0/s1. The number of allylic oxidation sites excluding steroid dienone is 2. The van der Waals surface area contributed by atoms with Gasteiger partial charge in [0.05, 0.1) is 11.7 Å². The molecule has 0 aromatic rings. The van der Waals surface area contributed by atoms with Crippen molar-refractivity contribution in [1.29, 1.82) is 0 Å². The molecule has 0 saturated heterocycles. The SMILES string of the molecule is C=C(C)CCCC(C)[C@@H]1CC[C@](C)(O)[C@@H]2CC=C(C)[C@H]2[C@@H]1O. The summed E-state index contributed by atoms with van der Waals surface area (Å²) in [7, 11) is 0. The van der Waals surface area contributed by atoms with Gasteiger partial charge in [-0.3, -0.25) is 0 Å². The number of aliphatic hydroxyl groups excluding tert-OH is 1. The molecule has 6 atom stereocenters. The fourth-order valence-electron chi connectivity index (χ4n) is 4.70. The molecule has 1 saturated carbocycles. The molecule has 0 aliphatic heterocycles. The van der Waals surface area contributed by atoms with Crippen molar-refractivity contribution in [3.63, 3.8) is 0 Å². The van der Waals surface area contributed by atoms with E-state index >= 15 is 0 Å². The van der Waals surface area contributed by atoms with Crippen molar-refractivity contribution in [2.45, 2.75) is 77.9 Å². The summed E-state index contributed by atoms with van der Waals surface area (Å²) >= 11 is 0. The van der Waals surface area contributed by atoms with Crippen LogP contribution in [0.25, 0.3) is 0 Å². The third kappa shape index (κ3) is 3.65. The van der Waals surface area contributed by atoms with E-state index in [2.05, 4.69) is 33.4 Å². The van der Waals surface area contributed by atoms with Crippen LogP contribution in [0.2, 0.25) is 0 Å². The zero-order valence-electron chi connectivity index (χ0n) is 14.8. The molecule has 2 heteroatoms. The van der Waals surface area contributed by atoms with Crippen LogP contribution in [-0.4, -0.2) is 21.9 Å². The van der Waals surface area contributed by atoms with E-state index in [-0.39, 0.29) is 17.9 Å². The van der Waals surface area contributed by atoms with Crippen LogP contribution in [-0.2, 0) is 0 Å². The molecular weight excluding hydrogens is 272 g/mol. The van der Waals surface area contributed by atoms with Crippen LogP contribution in [0.3, 0.4) is 0 Å². The molecular formula is C20H34O2. The van der Waals surface area contributed by atoms with Gasteiger partial charge in [0.2, 0.25) is 0 Å². The van der Waals surface area contributed by atoms with Gasteiger partial charge in [-0.1, -0.05) is 30.6 Å². The molecule has 126 valence electrons. The Kier molecular flexibility index (Phi) is 5.55. The van der Waals surface area contributed by atoms with Crippen molar-refractivity contribution >= 4 is 0 Å². The molecule has 2 N–H and O–H groups in total. The Morgan fingerprint density at radius 1 is 1.50 bits per heavy atom. The van der Waals surface area contributed by atoms with Crippen molar-refractivity contribution in [2.75, 3.05) is 0 Å². The summed E-state index contributed by atoms with van der Waals surface area (Å²) < 4.78 is 0. The average Bonchev–Trinajstić information content (AvgIpc) is 2.76. The fraction of sp³-hybridized carbons (Fsp3) is 0.800. The molecule has 0 radical (unpaired) electrons. The number of hydrogen-bond acceptors (Lipinski definition) is 2. The Hall–Kier alpha value is -0.600. The predicted molar refractivity (Wildman–Crippen MR) is 92.5 cm³/mol. The van der Waals surface area contributed by atoms with Crippen LogP contribution in [0.15, 0.2) is 23.8 Å². The van der Waals surface area contributed by atoms with Crippen molar-refractivity contribution in [2.24, 2.45) is 23.7 Å². The topological polar surface area (TPSA) is 40.5 Å². The normalized spacial score (nSPS) is 39.8. The van der Waals surface area contributed by atoms with Gasteiger partial charge in [-0.25, -0.2) is 0 Å². The lowest BCUT2D eigenvalue weighted by atomic mass is 9.74. The van der Waals surface area contributed by atoms with E-state index < -0.39 is 5.60 Å². The summed E-state index contributed by atoms with van der Waals surface area (Å²) in [5, 5.41) is 21.9. The van der Waals surface area contributed by atoms with Crippen LogP contribution in [0.5, 0.6) is 0 Å². The van der Waals surface area contributed by atoms with E-state index in [0.29, 0.717) is 11.8 Å². The first-order valence-corrected chi connectivity index (χ1v) is 8.95. The summed E-state index contributed by atoms with van der Waals surface area (Å²) in [4.78, 5) is 0. The van der Waals surface area contributed by atoms with Crippen LogP contribution in [0, 0.1) is 23.7 Å². The number of rotatable bonds is 5. The van der Waals surface area contributed by atoms with Crippen LogP contribution in [0.1, 0.15) is 66.2 Å². The third-order valence-corrected chi connectivity index (χ3v) is 6.24. The highest BCUT2D eigenvalue weighted by molar-refractivity contribution is 5.19. The Morgan fingerprint density at radius 3 is 2.82 bits per heavy atom. The first kappa shape index (κ1) is 17.7. The zero-order valence-corrected chi connectivity index (χ0v) is 14.8. The molecule has 2 nitrogen and oxygen atoms in total. The fourth-order valence-corrected chi connectivity index (χ4v) is 4.70. The second-order valence-electron chi connectivity index (χ2n) is 8.19. The Bertz CT molecular complexity index is 435. The summed E-state index contributed by atoms with van der Waals surface area (Å²) in [5.74, 6) is 1.13. The van der Waals surface area contributed by atoms with Gasteiger partial charge in [-0.2, -0.15) is 0 Å². The van der Waals surface area contributed by atoms with Gasteiger partial charge in [0.15, 0.2) is 0 Å². The monoisotopic (exact) mass is 306 g/mol. The zero-order chi connectivity index (χ0) is 16.5. The van der Waals surface area contributed by atoms with E-state index in [4.69, 9.17) is 0 Å². The molecule has 0 aromatic carbocycles. The van der Waals surface area contributed by atoms with Gasteiger partial charge < -0.3 is 10.2 Å². The summed E-state index contributed by atoms with van der Waals surface area (Å²) in [5.41, 5.74) is 1.87. The molecule has 1 fully saturated rings. The smallest absolute Gasteiger partial charge is 0.0657 e. The lowest BCUT2D eigenvalue weighted by Gasteiger charge is -2.35. The molecule has 22 heavy (non-hydrogen) atoms. The maximum absolute atomic E-state index is 11.0. The van der Waals surface area contributed by atoms with Gasteiger partial charge in [-0.05, 0) is 70.6 Å². The molecule has 1 unspecified atom stereocenters. The predicted octanol–water partition coefficient (Wildman–Crippen LogP) is 4.47. The Morgan fingerprint density at radius 2 is 2.18 bits per heavy atom. The van der Waals surface area contributed by atoms with E-state index in [9.17, 15) is 10.2 Å². The second-order valence-corrected chi connectivity index (χ2v) is 8.19. The Balaban J connectivity index is 2.09. The van der Waals surface area contributed by atoms with Crippen LogP contribution >= 0.6 is 0 Å². The second kappa shape index (κ2) is 6.88. The van der Waals surface area contributed by atoms with Crippen molar-refractivity contribution in [1.82, 2.24) is 0 Å². The quantitative estimate of drug-likeness (QED) is 0.736. The maximum Gasteiger partial charge on any atom is 0.0657 e. The number of fused-ring (bicyclic) bond motifs is 1. The summed E-state index contributed by atoms with van der Waals surface area (Å²) in [6, 6.07) is 0. The van der Waals surface area contributed by atoms with Gasteiger partial charge >= 0.3 is 0 Å². The van der Waals surface area contributed by atoms with E-state index in [1.807, 2.05) is 6.92 Å². The maximum atomic E-state index is 11.0. The minimum Gasteiger partial charge on any atom is -0.392 e. The van der Waals surface area contributed by atoms with Crippen LogP contribution in [0.4, 0.5) is 0 Å². The van der Waals surface area contributed by atoms with Gasteiger partial charge in [0, 0.05) is 5.92 Å². The van der Waals surface area contributed by atoms with Crippen molar-refractivity contribution < 1.29 is 10.2 Å². The molecule has 0 bridgehead atoms. The lowest BCUT2D eigenvalue weighted by Crippen LogP contribution is -2.40. The highest BCUT2D eigenvalue weighted by atomic mass is 16.3. The third-order valence-electron chi connectivity index (χ3n) is 6.24. The number of aliphatic hydroxyl groups is 2. The van der Waals surface area contributed by atoms with E-state index in [1.165, 1.54) is 11.1 Å². The highest BCUT2D eigenvalue weighted by Gasteiger charge is 2.49. The average molecular weight is 306 g/mol. The molecule has 0 spiro atoms. The highest BCUT2D eigenvalue weighted by Crippen LogP contribution is 2.49. The minimum absolute atomic E-state index is 0.145. The molecule has 0 aromatic heterocycles. The summed E-state index contributed by atoms with van der Waals surface area (Å²) in [6.07, 6.45) is 7.94. The molecule has 0 heterocycles. The van der Waals surface area contributed by atoms with Gasteiger partial charge in [-0.15, -0.1) is 6.58 Å². The molecule has 2 aliphatic rings. The first-order chi connectivity index (χ1) is 10.2. The minimum atomic E-state index is -0.647. The van der Waals surface area contributed by atoms with E-state index in [1.54, 1.807) is 0 Å².